The number of fused-ring (bicyclic) bond motifs is 1. The minimum atomic E-state index is -0.873. The molecule has 3 N–H and O–H groups in total. The lowest BCUT2D eigenvalue weighted by molar-refractivity contribution is -0.117. The fraction of sp³-hybridized carbons (Fsp3) is 0.222. The predicted molar refractivity (Wildman–Crippen MR) is 89.2 cm³/mol. The van der Waals surface area contributed by atoms with Gasteiger partial charge in [0.15, 0.2) is 0 Å². The molecule has 5 heteroatoms. The van der Waals surface area contributed by atoms with Gasteiger partial charge in [0.2, 0.25) is 5.91 Å². The Kier molecular flexibility index (Phi) is 3.66. The van der Waals surface area contributed by atoms with Crippen LogP contribution in [0.15, 0.2) is 48.7 Å². The van der Waals surface area contributed by atoms with E-state index >= 15 is 0 Å². The van der Waals surface area contributed by atoms with Gasteiger partial charge in [-0.25, -0.2) is 4.68 Å². The van der Waals surface area contributed by atoms with E-state index in [4.69, 9.17) is 5.73 Å². The van der Waals surface area contributed by atoms with Gasteiger partial charge in [-0.15, -0.1) is 0 Å². The number of hydrogen-bond donors (Lipinski definition) is 2. The monoisotopic (exact) mass is 309 g/mol. The Hall–Kier alpha value is -2.66. The number of aliphatic hydroxyl groups is 1. The molecule has 3 rings (SSSR count). The second-order valence-corrected chi connectivity index (χ2v) is 6.18. The summed E-state index contributed by atoms with van der Waals surface area (Å²) < 4.78 is 1.77. The molecule has 0 aliphatic rings. The molecule has 23 heavy (non-hydrogen) atoms. The number of nitrogens with zero attached hydrogens (tertiary/aromatic N) is 2. The van der Waals surface area contributed by atoms with Crippen LogP contribution in [0.4, 0.5) is 0 Å². The van der Waals surface area contributed by atoms with Crippen LogP contribution in [-0.2, 0) is 16.8 Å². The highest BCUT2D eigenvalue weighted by Crippen LogP contribution is 2.23. The third-order valence-corrected chi connectivity index (χ3v) is 3.82. The minimum absolute atomic E-state index is 0.173. The fourth-order valence-corrected chi connectivity index (χ4v) is 2.59. The third kappa shape index (κ3) is 3.10. The SMILES string of the molecule is CC(C)(O)c1ccc(-n2cc3cccc(CC(N)=O)c3n2)cc1. The van der Waals surface area contributed by atoms with Gasteiger partial charge in [-0.3, -0.25) is 4.79 Å². The molecule has 0 aliphatic heterocycles. The van der Waals surface area contributed by atoms with Gasteiger partial charge in [-0.2, -0.15) is 5.10 Å². The Labute approximate surface area is 134 Å². The zero-order chi connectivity index (χ0) is 16.6. The highest BCUT2D eigenvalue weighted by molar-refractivity contribution is 5.87. The van der Waals surface area contributed by atoms with E-state index < -0.39 is 5.60 Å². The molecule has 2 aromatic carbocycles. The van der Waals surface area contributed by atoms with E-state index in [2.05, 4.69) is 5.10 Å². The summed E-state index contributed by atoms with van der Waals surface area (Å²) in [5.41, 5.74) is 7.75. The molecule has 0 unspecified atom stereocenters. The number of rotatable bonds is 4. The molecule has 0 atom stereocenters. The van der Waals surface area contributed by atoms with Crippen LogP contribution in [-0.4, -0.2) is 20.8 Å². The van der Waals surface area contributed by atoms with E-state index in [0.29, 0.717) is 0 Å². The molecular weight excluding hydrogens is 290 g/mol. The van der Waals surface area contributed by atoms with Crippen molar-refractivity contribution >= 4 is 16.8 Å². The average molecular weight is 309 g/mol. The topological polar surface area (TPSA) is 81.1 Å². The molecule has 0 bridgehead atoms. The second-order valence-electron chi connectivity index (χ2n) is 6.18. The number of benzene rings is 2. The van der Waals surface area contributed by atoms with Crippen LogP contribution in [0.2, 0.25) is 0 Å². The van der Waals surface area contributed by atoms with Crippen LogP contribution in [0.25, 0.3) is 16.6 Å². The fourth-order valence-electron chi connectivity index (χ4n) is 2.59. The normalized spacial score (nSPS) is 11.8. The molecule has 3 aromatic rings. The van der Waals surface area contributed by atoms with Crippen molar-refractivity contribution in [2.75, 3.05) is 0 Å². The van der Waals surface area contributed by atoms with Crippen molar-refractivity contribution in [2.45, 2.75) is 25.9 Å². The first-order chi connectivity index (χ1) is 10.8. The first-order valence-corrected chi connectivity index (χ1v) is 7.43. The van der Waals surface area contributed by atoms with Gasteiger partial charge in [0.05, 0.1) is 23.2 Å². The largest absolute Gasteiger partial charge is 0.386 e. The standard InChI is InChI=1S/C18H19N3O2/c1-18(2,23)14-6-8-15(9-7-14)21-11-13-5-3-4-12(10-16(19)22)17(13)20-21/h3-9,11,23H,10H2,1-2H3,(H2,19,22). The first kappa shape index (κ1) is 15.2. The Balaban J connectivity index is 2.02. The van der Waals surface area contributed by atoms with Crippen molar-refractivity contribution in [3.63, 3.8) is 0 Å². The molecule has 0 saturated heterocycles. The van der Waals surface area contributed by atoms with Crippen LogP contribution in [0.1, 0.15) is 25.0 Å². The summed E-state index contributed by atoms with van der Waals surface area (Å²) in [6, 6.07) is 13.3. The lowest BCUT2D eigenvalue weighted by atomic mass is 9.98. The van der Waals surface area contributed by atoms with Gasteiger partial charge in [0, 0.05) is 11.6 Å². The maximum absolute atomic E-state index is 11.2. The molecule has 118 valence electrons. The number of carbonyl (C=O) groups is 1. The van der Waals surface area contributed by atoms with Gasteiger partial charge in [0.1, 0.15) is 0 Å². The van der Waals surface area contributed by atoms with Crippen LogP contribution in [0.3, 0.4) is 0 Å². The van der Waals surface area contributed by atoms with Crippen LogP contribution in [0, 0.1) is 0 Å². The molecule has 1 amide bonds. The maximum atomic E-state index is 11.2. The van der Waals surface area contributed by atoms with Crippen molar-refractivity contribution < 1.29 is 9.90 Å². The van der Waals surface area contributed by atoms with Crippen molar-refractivity contribution in [3.05, 3.63) is 59.8 Å². The van der Waals surface area contributed by atoms with Gasteiger partial charge < -0.3 is 10.8 Å². The number of carbonyl (C=O) groups excluding carboxylic acids is 1. The molecular formula is C18H19N3O2. The van der Waals surface area contributed by atoms with Gasteiger partial charge in [0.25, 0.3) is 0 Å². The molecule has 0 saturated carbocycles. The first-order valence-electron chi connectivity index (χ1n) is 7.43. The van der Waals surface area contributed by atoms with Crippen LogP contribution < -0.4 is 5.73 Å². The van der Waals surface area contributed by atoms with Crippen LogP contribution >= 0.6 is 0 Å². The van der Waals surface area contributed by atoms with E-state index in [1.54, 1.807) is 18.5 Å². The molecule has 1 aromatic heterocycles. The van der Waals surface area contributed by atoms with Crippen molar-refractivity contribution in [2.24, 2.45) is 5.73 Å². The smallest absolute Gasteiger partial charge is 0.221 e. The Morgan fingerprint density at radius 2 is 1.91 bits per heavy atom. The number of aromatic nitrogens is 2. The van der Waals surface area contributed by atoms with Gasteiger partial charge in [-0.1, -0.05) is 30.3 Å². The third-order valence-electron chi connectivity index (χ3n) is 3.82. The number of hydrogen-bond acceptors (Lipinski definition) is 3. The lowest BCUT2D eigenvalue weighted by Crippen LogP contribution is -2.15. The summed E-state index contributed by atoms with van der Waals surface area (Å²) in [4.78, 5) is 11.2. The summed E-state index contributed by atoms with van der Waals surface area (Å²) in [6.07, 6.45) is 2.09. The van der Waals surface area contributed by atoms with E-state index in [0.717, 1.165) is 27.7 Å². The minimum Gasteiger partial charge on any atom is -0.386 e. The molecule has 5 nitrogen and oxygen atoms in total. The highest BCUT2D eigenvalue weighted by atomic mass is 16.3. The van der Waals surface area contributed by atoms with E-state index in [1.165, 1.54) is 0 Å². The predicted octanol–water partition coefficient (Wildman–Crippen LogP) is 2.28. The van der Waals surface area contributed by atoms with E-state index in [-0.39, 0.29) is 12.3 Å². The summed E-state index contributed by atoms with van der Waals surface area (Å²) in [5, 5.41) is 15.5. The zero-order valence-electron chi connectivity index (χ0n) is 13.2. The van der Waals surface area contributed by atoms with E-state index in [1.807, 2.05) is 48.7 Å². The molecule has 0 radical (unpaired) electrons. The Morgan fingerprint density at radius 3 is 2.52 bits per heavy atom. The number of amides is 1. The van der Waals surface area contributed by atoms with E-state index in [9.17, 15) is 9.90 Å². The number of primary amides is 1. The summed E-state index contributed by atoms with van der Waals surface area (Å²) in [6.45, 7) is 3.50. The van der Waals surface area contributed by atoms with Gasteiger partial charge in [-0.05, 0) is 37.1 Å². The Bertz CT molecular complexity index is 858. The summed E-state index contributed by atoms with van der Waals surface area (Å²) >= 11 is 0. The summed E-state index contributed by atoms with van der Waals surface area (Å²) in [5.74, 6) is -0.374. The van der Waals surface area contributed by atoms with Crippen molar-refractivity contribution in [1.82, 2.24) is 9.78 Å². The van der Waals surface area contributed by atoms with Gasteiger partial charge >= 0.3 is 0 Å². The zero-order valence-corrected chi connectivity index (χ0v) is 13.2. The average Bonchev–Trinajstić information content (AvgIpc) is 2.91. The number of nitrogens with two attached hydrogens (primary N) is 1. The Morgan fingerprint density at radius 1 is 1.22 bits per heavy atom. The molecule has 0 spiro atoms. The molecule has 0 fully saturated rings. The molecule has 1 heterocycles. The second kappa shape index (κ2) is 5.52. The lowest BCUT2D eigenvalue weighted by Gasteiger charge is -2.17. The quantitative estimate of drug-likeness (QED) is 0.776. The van der Waals surface area contributed by atoms with Crippen molar-refractivity contribution in [1.29, 1.82) is 0 Å². The van der Waals surface area contributed by atoms with Crippen LogP contribution in [0.5, 0.6) is 0 Å². The van der Waals surface area contributed by atoms with Crippen molar-refractivity contribution in [3.8, 4) is 5.69 Å². The maximum Gasteiger partial charge on any atom is 0.221 e. The summed E-state index contributed by atoms with van der Waals surface area (Å²) in [7, 11) is 0. The highest BCUT2D eigenvalue weighted by Gasteiger charge is 2.15. The molecule has 0 aliphatic carbocycles.